The van der Waals surface area contributed by atoms with Gasteiger partial charge < -0.3 is 64.2 Å². The van der Waals surface area contributed by atoms with Crippen LogP contribution in [0.2, 0.25) is 0 Å². The largest absolute Gasteiger partial charge is 0.394 e. The normalized spacial score (nSPS) is 59.4. The number of hydrogen-bond acceptors (Lipinski definition) is 13. The highest BCUT2D eigenvalue weighted by Gasteiger charge is 2.85. The van der Waals surface area contributed by atoms with Gasteiger partial charge in [0.05, 0.1) is 31.5 Å². The Bertz CT molecular complexity index is 1330. The molecule has 0 radical (unpaired) electrons. The Labute approximate surface area is 307 Å². The fraction of sp³-hybridized carbons (Fsp3) is 1.00. The van der Waals surface area contributed by atoms with Crippen molar-refractivity contribution >= 4 is 0 Å². The third-order valence-electron chi connectivity index (χ3n) is 16.8. The molecular weight excluding hydrogens is 676 g/mol. The molecule has 21 atom stereocenters. The van der Waals surface area contributed by atoms with Crippen LogP contribution < -0.4 is 0 Å². The standard InChI is InChI=1S/C39H64O13/c1-7-47-32-18(2)12-19-22(50-32)14-37(6)31-21(49-34-30(46)28(44)27(43)23(15-40)51-34)13-24-35(3,4)25(52-33-29(45)26(42)20(41)16-48-33)8-9-38(24)17-39(31,38)11-10-36(19,37)5/h18-34,40-46H,7-17H2,1-6H3/t18-,19-,20-,21-,22-,23-,24-,25-,26+,27-,28+,29-,30-,31+,32-,33+,34-,36-,37-,38+,39-/m1/s1. The van der Waals surface area contributed by atoms with Crippen molar-refractivity contribution in [2.75, 3.05) is 19.8 Å². The zero-order valence-electron chi connectivity index (χ0n) is 31.7. The van der Waals surface area contributed by atoms with E-state index in [2.05, 4.69) is 34.6 Å². The molecule has 2 spiro atoms. The highest BCUT2D eigenvalue weighted by molar-refractivity contribution is 5.33. The van der Waals surface area contributed by atoms with Gasteiger partial charge in [-0.15, -0.1) is 0 Å². The Balaban J connectivity index is 1.15. The second-order valence-electron chi connectivity index (χ2n) is 19.2. The minimum atomic E-state index is -1.54. The molecule has 8 rings (SSSR count). The summed E-state index contributed by atoms with van der Waals surface area (Å²) in [4.78, 5) is 0. The summed E-state index contributed by atoms with van der Waals surface area (Å²) in [5, 5.41) is 73.9. The summed E-state index contributed by atoms with van der Waals surface area (Å²) in [7, 11) is 0. The van der Waals surface area contributed by atoms with Gasteiger partial charge in [0, 0.05) is 12.5 Å². The van der Waals surface area contributed by atoms with Crippen molar-refractivity contribution in [1.29, 1.82) is 0 Å². The van der Waals surface area contributed by atoms with Gasteiger partial charge in [-0.25, -0.2) is 0 Å². The second-order valence-corrected chi connectivity index (χ2v) is 19.2. The van der Waals surface area contributed by atoms with Crippen LogP contribution in [0.4, 0.5) is 0 Å². The van der Waals surface area contributed by atoms with Gasteiger partial charge in [-0.05, 0) is 103 Å². The van der Waals surface area contributed by atoms with E-state index in [0.717, 1.165) is 44.9 Å². The molecule has 5 aliphatic carbocycles. The molecule has 0 aromatic rings. The molecule has 0 bridgehead atoms. The third kappa shape index (κ3) is 5.20. The van der Waals surface area contributed by atoms with Crippen LogP contribution in [0.3, 0.4) is 0 Å². The summed E-state index contributed by atoms with van der Waals surface area (Å²) in [6.07, 6.45) is -5.34. The summed E-state index contributed by atoms with van der Waals surface area (Å²) >= 11 is 0. The number of aliphatic hydroxyl groups excluding tert-OH is 7. The molecule has 0 unspecified atom stereocenters. The van der Waals surface area contributed by atoms with Crippen molar-refractivity contribution in [3.63, 3.8) is 0 Å². The minimum absolute atomic E-state index is 0.0259. The van der Waals surface area contributed by atoms with Gasteiger partial charge in [-0.1, -0.05) is 34.6 Å². The average Bonchev–Trinajstić information content (AvgIpc) is 3.70. The molecule has 0 aromatic carbocycles. The van der Waals surface area contributed by atoms with E-state index in [1.165, 1.54) is 0 Å². The average molecular weight is 741 g/mol. The number of aliphatic hydroxyl groups is 7. The molecule has 8 aliphatic rings. The lowest BCUT2D eigenvalue weighted by molar-refractivity contribution is -0.335. The van der Waals surface area contributed by atoms with E-state index >= 15 is 0 Å². The lowest BCUT2D eigenvalue weighted by Crippen LogP contribution is -2.65. The maximum absolute atomic E-state index is 11.3. The van der Waals surface area contributed by atoms with Crippen molar-refractivity contribution in [3.8, 4) is 0 Å². The zero-order valence-corrected chi connectivity index (χ0v) is 31.7. The van der Waals surface area contributed by atoms with E-state index in [4.69, 9.17) is 28.4 Å². The Morgan fingerprint density at radius 2 is 1.48 bits per heavy atom. The van der Waals surface area contributed by atoms with Gasteiger partial charge in [0.1, 0.15) is 42.7 Å². The van der Waals surface area contributed by atoms with Gasteiger partial charge >= 0.3 is 0 Å². The van der Waals surface area contributed by atoms with Crippen LogP contribution in [-0.2, 0) is 28.4 Å². The molecule has 3 aliphatic heterocycles. The summed E-state index contributed by atoms with van der Waals surface area (Å²) in [5.74, 6) is 0.841. The topological polar surface area (TPSA) is 197 Å². The van der Waals surface area contributed by atoms with Gasteiger partial charge in [0.25, 0.3) is 0 Å². The first-order valence-corrected chi connectivity index (χ1v) is 20.0. The van der Waals surface area contributed by atoms with Crippen LogP contribution in [0.5, 0.6) is 0 Å². The van der Waals surface area contributed by atoms with E-state index in [1.807, 2.05) is 6.92 Å². The van der Waals surface area contributed by atoms with Crippen molar-refractivity contribution in [1.82, 2.24) is 0 Å². The van der Waals surface area contributed by atoms with Crippen molar-refractivity contribution in [2.24, 2.45) is 50.7 Å². The number of ether oxygens (including phenoxy) is 6. The van der Waals surface area contributed by atoms with Crippen LogP contribution in [0.15, 0.2) is 0 Å². The smallest absolute Gasteiger partial charge is 0.186 e. The Morgan fingerprint density at radius 1 is 0.750 bits per heavy atom. The van der Waals surface area contributed by atoms with Crippen LogP contribution in [0.25, 0.3) is 0 Å². The predicted molar refractivity (Wildman–Crippen MR) is 183 cm³/mol. The maximum Gasteiger partial charge on any atom is 0.186 e. The van der Waals surface area contributed by atoms with Gasteiger partial charge in [-0.3, -0.25) is 0 Å². The quantitative estimate of drug-likeness (QED) is 0.186. The van der Waals surface area contributed by atoms with Crippen molar-refractivity contribution in [2.45, 2.75) is 173 Å². The molecule has 52 heavy (non-hydrogen) atoms. The summed E-state index contributed by atoms with van der Waals surface area (Å²) in [5.41, 5.74) is -0.670. The molecule has 5 saturated carbocycles. The van der Waals surface area contributed by atoms with Crippen LogP contribution in [0, 0.1) is 50.7 Å². The molecule has 0 aromatic heterocycles. The SMILES string of the molecule is CCO[C@@H]1O[C@@H]2C[C@]3(C)[C@@H]4[C@H](O[C@@H]5O[C@H](CO)[C@@H](O)[C@H](O)[C@H]5O)C[C@@H]5C(C)(C)[C@H](O[C@@H]6OC[C@@H](O)[C@H](O)[C@H]6O)CC[C@]56C[C@]46CC[C@]3(C)[C@@H]2C[C@H]1C. The van der Waals surface area contributed by atoms with E-state index in [1.54, 1.807) is 0 Å². The molecule has 3 heterocycles. The molecule has 7 N–H and O–H groups in total. The minimum Gasteiger partial charge on any atom is -0.394 e. The summed E-state index contributed by atoms with van der Waals surface area (Å²) < 4.78 is 38.2. The van der Waals surface area contributed by atoms with E-state index in [0.29, 0.717) is 18.9 Å². The van der Waals surface area contributed by atoms with Crippen LogP contribution in [-0.4, -0.2) is 135 Å². The monoisotopic (exact) mass is 740 g/mol. The highest BCUT2D eigenvalue weighted by Crippen LogP contribution is 2.89. The first-order valence-electron chi connectivity index (χ1n) is 20.0. The highest BCUT2D eigenvalue weighted by atomic mass is 16.7. The van der Waals surface area contributed by atoms with E-state index in [9.17, 15) is 35.7 Å². The lowest BCUT2D eigenvalue weighted by atomic mass is 9.41. The first-order chi connectivity index (χ1) is 24.5. The summed E-state index contributed by atoms with van der Waals surface area (Å²) in [6.45, 7) is 13.5. The molecule has 13 heteroatoms. The Hall–Kier alpha value is -0.520. The fourth-order valence-corrected chi connectivity index (χ4v) is 14.0. The number of fused-ring (bicyclic) bond motifs is 4. The van der Waals surface area contributed by atoms with Gasteiger partial charge in [-0.2, -0.15) is 0 Å². The maximum atomic E-state index is 11.3. The Morgan fingerprint density at radius 3 is 2.19 bits per heavy atom. The summed E-state index contributed by atoms with van der Waals surface area (Å²) in [6, 6.07) is 0. The Kier molecular flexibility index (Phi) is 9.59. The van der Waals surface area contributed by atoms with E-state index < -0.39 is 73.4 Å². The van der Waals surface area contributed by atoms with Crippen LogP contribution in [0.1, 0.15) is 92.9 Å². The van der Waals surface area contributed by atoms with Crippen molar-refractivity contribution < 1.29 is 64.2 Å². The molecule has 3 saturated heterocycles. The molecule has 0 amide bonds. The predicted octanol–water partition coefficient (Wildman–Crippen LogP) is 1.44. The fourth-order valence-electron chi connectivity index (χ4n) is 14.0. The lowest BCUT2D eigenvalue weighted by Gasteiger charge is -2.65. The molecule has 8 fully saturated rings. The van der Waals surface area contributed by atoms with Gasteiger partial charge in [0.15, 0.2) is 18.9 Å². The molecular formula is C39H64O13. The van der Waals surface area contributed by atoms with Crippen LogP contribution >= 0.6 is 0 Å². The zero-order chi connectivity index (χ0) is 37.3. The molecule has 13 nitrogen and oxygen atoms in total. The van der Waals surface area contributed by atoms with Gasteiger partial charge in [0.2, 0.25) is 0 Å². The number of hydrogen-bond donors (Lipinski definition) is 7. The third-order valence-corrected chi connectivity index (χ3v) is 16.8. The van der Waals surface area contributed by atoms with Crippen molar-refractivity contribution in [3.05, 3.63) is 0 Å². The molecule has 298 valence electrons. The first kappa shape index (κ1) is 38.4. The van der Waals surface area contributed by atoms with E-state index in [-0.39, 0.29) is 64.5 Å². The number of rotatable bonds is 7. The second kappa shape index (κ2) is 13.0.